The normalized spacial score (nSPS) is 32.6. The number of benzene rings is 2. The highest BCUT2D eigenvalue weighted by Gasteiger charge is 2.61. The van der Waals surface area contributed by atoms with Crippen molar-refractivity contribution in [3.05, 3.63) is 71.8 Å². The van der Waals surface area contributed by atoms with Crippen LogP contribution in [0.3, 0.4) is 0 Å². The highest BCUT2D eigenvalue weighted by atomic mass is 35.6. The van der Waals surface area contributed by atoms with E-state index in [1.807, 2.05) is 6.92 Å². The minimum absolute atomic E-state index is 0.00469. The molecule has 5 saturated heterocycles. The number of ether oxygens (including phenoxy) is 17. The number of carbonyl (C=O) groups is 9. The topological polar surface area (TPSA) is 355 Å². The van der Waals surface area contributed by atoms with Gasteiger partial charge in [0.15, 0.2) is 62.0 Å². The van der Waals surface area contributed by atoms with E-state index in [1.54, 1.807) is 69.3 Å². The van der Waals surface area contributed by atoms with Gasteiger partial charge in [-0.25, -0.2) is 4.79 Å². The number of esters is 7. The number of amides is 2. The number of hydrogen-bond acceptors (Lipinski definition) is 27. The van der Waals surface area contributed by atoms with Gasteiger partial charge in [-0.2, -0.15) is 0 Å². The van der Waals surface area contributed by atoms with Gasteiger partial charge >= 0.3 is 41.8 Å². The molecule has 5 aliphatic heterocycles. The standard InChI is InChI=1S/C62H81Cl3N2O27/c1-12-13-20-25-78-55-42(66-30(3)68)48(93-57-51(86-34(7)72)49(85-33(6)71)44(29(2)82-57)83-31(4)69)46(39(88-55)26-79-53(75)36-21-16-14-17-22-36)92-58-52(87-35(8)73)50(47(84-32(5)70)40(90-58)28-81-60(77)61(9,10)11)94-56-41(67-59(76)62(63,64)65)43(74)45-38(89-56)27-80-54(91-45)37-23-18-15-19-24-37/h14-19,21-24,29,38-52,54-58,74H,12-13,20,25-28H2,1-11H3,(H,66,68)(H,67,76)/t29-,38+,39+,40+,41+,42+,43+,44+,45+,46+,47-,48+,49+,50-,51-,52+,54?,55+,56-,57+,58-/m0/s1. The molecular weight excluding hydrogens is 1310 g/mol. The predicted octanol–water partition coefficient (Wildman–Crippen LogP) is 4.21. The first-order valence-electron chi connectivity index (χ1n) is 30.4. The van der Waals surface area contributed by atoms with Gasteiger partial charge < -0.3 is 96.3 Å². The summed E-state index contributed by atoms with van der Waals surface area (Å²) < 4.78 is 104. The van der Waals surface area contributed by atoms with E-state index in [0.717, 1.165) is 48.0 Å². The molecule has 0 saturated carbocycles. The molecule has 29 nitrogen and oxygen atoms in total. The second-order valence-corrected chi connectivity index (χ2v) is 26.1. The average Bonchev–Trinajstić information content (AvgIpc) is 0.761. The van der Waals surface area contributed by atoms with Gasteiger partial charge in [0.25, 0.3) is 9.70 Å². The number of hydrogen-bond donors (Lipinski definition) is 3. The van der Waals surface area contributed by atoms with Crippen molar-refractivity contribution in [1.82, 2.24) is 10.6 Å². The first kappa shape index (κ1) is 75.5. The fourth-order valence-corrected chi connectivity index (χ4v) is 11.1. The predicted molar refractivity (Wildman–Crippen MR) is 321 cm³/mol. The highest BCUT2D eigenvalue weighted by molar-refractivity contribution is 6.76. The summed E-state index contributed by atoms with van der Waals surface area (Å²) in [5.41, 5.74) is -0.542. The summed E-state index contributed by atoms with van der Waals surface area (Å²) >= 11 is 18.3. The lowest BCUT2D eigenvalue weighted by Crippen LogP contribution is -2.71. The number of unbranched alkanes of at least 4 members (excludes halogenated alkanes) is 2. The molecule has 3 N–H and O–H groups in total. The number of fused-ring (bicyclic) bond motifs is 1. The van der Waals surface area contributed by atoms with Crippen molar-refractivity contribution in [2.45, 2.75) is 228 Å². The van der Waals surface area contributed by atoms with Crippen molar-refractivity contribution in [2.75, 3.05) is 26.4 Å². The van der Waals surface area contributed by atoms with E-state index in [2.05, 4.69) is 10.6 Å². The fourth-order valence-electron chi connectivity index (χ4n) is 11.0. The number of halogens is 3. The number of nitrogens with one attached hydrogen (secondary N) is 2. The van der Waals surface area contributed by atoms with Crippen LogP contribution in [0.25, 0.3) is 0 Å². The van der Waals surface area contributed by atoms with Crippen molar-refractivity contribution in [3.8, 4) is 0 Å². The lowest BCUT2D eigenvalue weighted by Gasteiger charge is -2.52. The van der Waals surface area contributed by atoms with Gasteiger partial charge in [-0.15, -0.1) is 0 Å². The summed E-state index contributed by atoms with van der Waals surface area (Å²) in [6.45, 7) is 12.5. The fraction of sp³-hybridized carbons (Fsp3) is 0.661. The zero-order valence-corrected chi connectivity index (χ0v) is 55.8. The number of alkyl halides is 3. The van der Waals surface area contributed by atoms with Gasteiger partial charge in [0.2, 0.25) is 5.91 Å². The zero-order chi connectivity index (χ0) is 68.9. The minimum atomic E-state index is -2.68. The second kappa shape index (κ2) is 33.9. The average molecular weight is 1390 g/mol. The summed E-state index contributed by atoms with van der Waals surface area (Å²) in [5.74, 6) is -8.52. The minimum Gasteiger partial charge on any atom is -0.462 e. The SMILES string of the molecule is CCCCCO[C@@H]1O[C@H](COC(=O)c2ccccc2)[C@@H](O[C@@H]2O[C@H](COC(=O)C(C)(C)C)[C@H](OC(C)=O)[C@H](O[C@@H]3O[C@@H]4COC(c5ccccc5)O[C@H]4[C@H](O)[C@H]3NC(=O)C(Cl)(Cl)Cl)[C@H]2OC(C)=O)[C@H](O[C@H]2O[C@@H](C)[C@@H](OC(C)=O)[C@@H](OC(C)=O)[C@@H]2OC(C)=O)[C@H]1NC(C)=O. The summed E-state index contributed by atoms with van der Waals surface area (Å²) in [6.07, 6.45) is -30.3. The van der Waals surface area contributed by atoms with Gasteiger partial charge in [-0.3, -0.25) is 38.4 Å². The quantitative estimate of drug-likeness (QED) is 0.0573. The molecule has 1 unspecified atom stereocenters. The van der Waals surface area contributed by atoms with Crippen LogP contribution < -0.4 is 10.6 Å². The van der Waals surface area contributed by atoms with Crippen molar-refractivity contribution in [1.29, 1.82) is 0 Å². The Bertz CT molecular complexity index is 2920. The molecule has 0 radical (unpaired) electrons. The van der Waals surface area contributed by atoms with Crippen LogP contribution in [0.1, 0.15) is 118 Å². The zero-order valence-electron chi connectivity index (χ0n) is 53.5. The van der Waals surface area contributed by atoms with Crippen LogP contribution in [0.5, 0.6) is 0 Å². The number of rotatable bonds is 24. The Morgan fingerprint density at radius 2 is 1.09 bits per heavy atom. The Kier molecular flexibility index (Phi) is 27.2. The Morgan fingerprint density at radius 3 is 1.67 bits per heavy atom. The van der Waals surface area contributed by atoms with E-state index in [9.17, 15) is 48.3 Å². The number of carbonyl (C=O) groups excluding carboxylic acids is 9. The van der Waals surface area contributed by atoms with Gasteiger partial charge in [-0.1, -0.05) is 103 Å². The Morgan fingerprint density at radius 1 is 0.564 bits per heavy atom. The van der Waals surface area contributed by atoms with Crippen molar-refractivity contribution >= 4 is 88.4 Å². The van der Waals surface area contributed by atoms with E-state index in [4.69, 9.17) is 115 Å². The third kappa shape index (κ3) is 20.3. The number of aliphatic hydroxyl groups is 1. The summed E-state index contributed by atoms with van der Waals surface area (Å²) in [6, 6.07) is 13.1. The van der Waals surface area contributed by atoms with Crippen molar-refractivity contribution in [3.63, 3.8) is 0 Å². The maximum atomic E-state index is 14.0. The Labute approximate surface area is 557 Å². The van der Waals surface area contributed by atoms with Crippen LogP contribution >= 0.6 is 34.8 Å². The molecule has 5 heterocycles. The van der Waals surface area contributed by atoms with Crippen molar-refractivity contribution < 1.29 is 129 Å². The molecule has 5 fully saturated rings. The summed E-state index contributed by atoms with van der Waals surface area (Å²) in [7, 11) is 0. The summed E-state index contributed by atoms with van der Waals surface area (Å²) in [4.78, 5) is 121. The smallest absolute Gasteiger partial charge is 0.338 e. The first-order chi connectivity index (χ1) is 44.3. The molecule has 21 atom stereocenters. The maximum absolute atomic E-state index is 14.0. The van der Waals surface area contributed by atoms with Crippen LogP contribution in [0.4, 0.5) is 0 Å². The monoisotopic (exact) mass is 1390 g/mol. The van der Waals surface area contributed by atoms with Crippen LogP contribution in [-0.2, 0) is 119 Å². The molecule has 522 valence electrons. The van der Waals surface area contributed by atoms with E-state index in [0.29, 0.717) is 18.4 Å². The molecule has 2 amide bonds. The van der Waals surface area contributed by atoms with Crippen LogP contribution in [-0.4, -0.2) is 212 Å². The van der Waals surface area contributed by atoms with Gasteiger partial charge in [0.05, 0.1) is 23.7 Å². The third-order valence-electron chi connectivity index (χ3n) is 15.1. The van der Waals surface area contributed by atoms with Crippen LogP contribution in [0.2, 0.25) is 0 Å². The molecule has 94 heavy (non-hydrogen) atoms. The van der Waals surface area contributed by atoms with E-state index in [1.165, 1.54) is 19.1 Å². The van der Waals surface area contributed by atoms with E-state index < -0.39 is 205 Å². The van der Waals surface area contributed by atoms with Crippen LogP contribution in [0, 0.1) is 5.41 Å². The molecule has 0 bridgehead atoms. The number of aliphatic hydroxyl groups excluding tert-OH is 1. The molecule has 2 aromatic carbocycles. The van der Waals surface area contributed by atoms with E-state index in [-0.39, 0.29) is 18.8 Å². The molecule has 2 aromatic rings. The first-order valence-corrected chi connectivity index (χ1v) is 31.6. The van der Waals surface area contributed by atoms with E-state index >= 15 is 0 Å². The molecular formula is C62H81Cl3N2O27. The molecule has 0 aliphatic carbocycles. The van der Waals surface area contributed by atoms with Crippen LogP contribution in [0.15, 0.2) is 60.7 Å². The van der Waals surface area contributed by atoms with Gasteiger partial charge in [0, 0.05) is 53.7 Å². The third-order valence-corrected chi connectivity index (χ3v) is 15.6. The van der Waals surface area contributed by atoms with Crippen molar-refractivity contribution in [2.24, 2.45) is 5.41 Å². The molecule has 7 rings (SSSR count). The van der Waals surface area contributed by atoms with Gasteiger partial charge in [-0.05, 0) is 46.2 Å². The largest absolute Gasteiger partial charge is 0.462 e. The molecule has 0 aromatic heterocycles. The second-order valence-electron chi connectivity index (χ2n) is 23.8. The molecule has 0 spiro atoms. The Balaban J connectivity index is 1.42. The molecule has 32 heteroatoms. The molecule has 5 aliphatic rings. The maximum Gasteiger partial charge on any atom is 0.338 e. The summed E-state index contributed by atoms with van der Waals surface area (Å²) in [5, 5.41) is 17.6. The highest BCUT2D eigenvalue weighted by Crippen LogP contribution is 2.41. The Hall–Kier alpha value is -5.90. The lowest BCUT2D eigenvalue weighted by molar-refractivity contribution is -0.389. The van der Waals surface area contributed by atoms with Gasteiger partial charge in [0.1, 0.15) is 74.1 Å². The lowest BCUT2D eigenvalue weighted by atomic mass is 9.93.